The van der Waals surface area contributed by atoms with Gasteiger partial charge in [-0.2, -0.15) is 0 Å². The summed E-state index contributed by atoms with van der Waals surface area (Å²) in [4.78, 5) is 12.5. The van der Waals surface area contributed by atoms with E-state index in [-0.39, 0.29) is 12.1 Å². The van der Waals surface area contributed by atoms with Crippen molar-refractivity contribution in [3.63, 3.8) is 0 Å². The van der Waals surface area contributed by atoms with Gasteiger partial charge in [0.1, 0.15) is 0 Å². The molecule has 0 saturated carbocycles. The topological polar surface area (TPSA) is 41.1 Å². The van der Waals surface area contributed by atoms with E-state index >= 15 is 0 Å². The van der Waals surface area contributed by atoms with E-state index in [1.54, 1.807) is 0 Å². The second kappa shape index (κ2) is 6.76. The standard InChI is InChI=1S/C11H17ClN2OS/c1-3-4-7-13-11(15)14-8(2)9-5-6-10(12)16-9/h5-6,8H,3-4,7H2,1-2H3,(H2,13,14,15)/t8-/m0/s1. The molecule has 16 heavy (non-hydrogen) atoms. The van der Waals surface area contributed by atoms with E-state index in [4.69, 9.17) is 11.6 Å². The first kappa shape index (κ1) is 13.3. The average Bonchev–Trinajstić information content (AvgIpc) is 2.65. The summed E-state index contributed by atoms with van der Waals surface area (Å²) in [5.41, 5.74) is 0. The highest BCUT2D eigenvalue weighted by atomic mass is 35.5. The molecule has 0 fully saturated rings. The molecule has 0 spiro atoms. The van der Waals surface area contributed by atoms with Crippen LogP contribution in [0.1, 0.15) is 37.6 Å². The summed E-state index contributed by atoms with van der Waals surface area (Å²) in [6.45, 7) is 4.76. The number of carbonyl (C=O) groups excluding carboxylic acids is 1. The third kappa shape index (κ3) is 4.41. The highest BCUT2D eigenvalue weighted by Crippen LogP contribution is 2.26. The van der Waals surface area contributed by atoms with Gasteiger partial charge >= 0.3 is 6.03 Å². The number of carbonyl (C=O) groups is 1. The van der Waals surface area contributed by atoms with Gasteiger partial charge in [0.15, 0.2) is 0 Å². The van der Waals surface area contributed by atoms with Gasteiger partial charge < -0.3 is 10.6 Å². The van der Waals surface area contributed by atoms with Crippen molar-refractivity contribution in [1.82, 2.24) is 10.6 Å². The Kier molecular flexibility index (Phi) is 5.63. The van der Waals surface area contributed by atoms with Crippen molar-refractivity contribution >= 4 is 29.0 Å². The Morgan fingerprint density at radius 3 is 2.88 bits per heavy atom. The van der Waals surface area contributed by atoms with Gasteiger partial charge in [-0.25, -0.2) is 4.79 Å². The van der Waals surface area contributed by atoms with Gasteiger partial charge in [0.05, 0.1) is 10.4 Å². The van der Waals surface area contributed by atoms with E-state index < -0.39 is 0 Å². The Labute approximate surface area is 105 Å². The van der Waals surface area contributed by atoms with Crippen LogP contribution in [0.5, 0.6) is 0 Å². The molecule has 3 nitrogen and oxygen atoms in total. The predicted molar refractivity (Wildman–Crippen MR) is 69.2 cm³/mol. The molecule has 0 aliphatic carbocycles. The van der Waals surface area contributed by atoms with Crippen LogP contribution in [0.2, 0.25) is 4.34 Å². The molecule has 0 saturated heterocycles. The van der Waals surface area contributed by atoms with Crippen molar-refractivity contribution in [2.45, 2.75) is 32.7 Å². The molecule has 1 atom stereocenters. The number of rotatable bonds is 5. The zero-order valence-corrected chi connectivity index (χ0v) is 11.1. The number of hydrogen-bond acceptors (Lipinski definition) is 2. The summed E-state index contributed by atoms with van der Waals surface area (Å²) >= 11 is 7.32. The minimum absolute atomic E-state index is 0.000809. The Balaban J connectivity index is 2.33. The summed E-state index contributed by atoms with van der Waals surface area (Å²) < 4.78 is 0.745. The van der Waals surface area contributed by atoms with Crippen LogP contribution in [0.25, 0.3) is 0 Å². The molecule has 0 radical (unpaired) electrons. The molecule has 0 unspecified atom stereocenters. The second-order valence-corrected chi connectivity index (χ2v) is 5.36. The van der Waals surface area contributed by atoms with Crippen molar-refractivity contribution in [3.05, 3.63) is 21.3 Å². The molecule has 1 aromatic heterocycles. The molecule has 0 aliphatic heterocycles. The molecule has 2 N–H and O–H groups in total. The van der Waals surface area contributed by atoms with Crippen molar-refractivity contribution in [2.75, 3.05) is 6.54 Å². The minimum atomic E-state index is -0.120. The monoisotopic (exact) mass is 260 g/mol. The lowest BCUT2D eigenvalue weighted by molar-refractivity contribution is 0.238. The number of hydrogen-bond donors (Lipinski definition) is 2. The molecular weight excluding hydrogens is 244 g/mol. The third-order valence-electron chi connectivity index (χ3n) is 2.18. The molecule has 1 aromatic rings. The van der Waals surface area contributed by atoms with Crippen LogP contribution in [0.15, 0.2) is 12.1 Å². The number of thiophene rings is 1. The number of amides is 2. The lowest BCUT2D eigenvalue weighted by Crippen LogP contribution is -2.37. The predicted octanol–water partition coefficient (Wildman–Crippen LogP) is 3.56. The molecule has 5 heteroatoms. The summed E-state index contributed by atoms with van der Waals surface area (Å²) in [6.07, 6.45) is 2.09. The van der Waals surface area contributed by atoms with Gasteiger partial charge in [0.25, 0.3) is 0 Å². The molecule has 1 rings (SSSR count). The van der Waals surface area contributed by atoms with Crippen LogP contribution < -0.4 is 10.6 Å². The van der Waals surface area contributed by atoms with Crippen LogP contribution >= 0.6 is 22.9 Å². The Morgan fingerprint density at radius 2 is 2.31 bits per heavy atom. The van der Waals surface area contributed by atoms with E-state index in [0.717, 1.165) is 28.6 Å². The first-order valence-electron chi connectivity index (χ1n) is 5.43. The van der Waals surface area contributed by atoms with Crippen molar-refractivity contribution in [2.24, 2.45) is 0 Å². The molecule has 2 amide bonds. The van der Waals surface area contributed by atoms with Gasteiger partial charge in [-0.05, 0) is 25.5 Å². The van der Waals surface area contributed by atoms with Gasteiger partial charge in [0.2, 0.25) is 0 Å². The number of urea groups is 1. The molecular formula is C11H17ClN2OS. The normalized spacial score (nSPS) is 12.2. The average molecular weight is 261 g/mol. The first-order chi connectivity index (χ1) is 7.63. The number of halogens is 1. The maximum absolute atomic E-state index is 11.5. The Hall–Kier alpha value is -0.740. The molecule has 0 aromatic carbocycles. The van der Waals surface area contributed by atoms with E-state index in [1.807, 2.05) is 19.1 Å². The van der Waals surface area contributed by atoms with E-state index in [2.05, 4.69) is 17.6 Å². The molecule has 0 bridgehead atoms. The first-order valence-corrected chi connectivity index (χ1v) is 6.62. The fourth-order valence-electron chi connectivity index (χ4n) is 1.26. The van der Waals surface area contributed by atoms with Gasteiger partial charge in [-0.15, -0.1) is 11.3 Å². The maximum Gasteiger partial charge on any atom is 0.315 e. The van der Waals surface area contributed by atoms with Crippen molar-refractivity contribution in [1.29, 1.82) is 0 Å². The molecule has 90 valence electrons. The number of unbranched alkanes of at least 4 members (excludes halogenated alkanes) is 1. The highest BCUT2D eigenvalue weighted by Gasteiger charge is 2.10. The van der Waals surface area contributed by atoms with Crippen LogP contribution in [0, 0.1) is 0 Å². The zero-order chi connectivity index (χ0) is 12.0. The van der Waals surface area contributed by atoms with Crippen LogP contribution in [0.3, 0.4) is 0 Å². The molecule has 1 heterocycles. The molecule has 0 aliphatic rings. The van der Waals surface area contributed by atoms with Crippen molar-refractivity contribution in [3.8, 4) is 0 Å². The minimum Gasteiger partial charge on any atom is -0.338 e. The fraction of sp³-hybridized carbons (Fsp3) is 0.545. The number of nitrogens with one attached hydrogen (secondary N) is 2. The highest BCUT2D eigenvalue weighted by molar-refractivity contribution is 7.16. The third-order valence-corrected chi connectivity index (χ3v) is 3.60. The van der Waals surface area contributed by atoms with E-state index in [1.165, 1.54) is 11.3 Å². The second-order valence-electron chi connectivity index (χ2n) is 3.62. The summed E-state index contributed by atoms with van der Waals surface area (Å²) in [5, 5.41) is 5.68. The lowest BCUT2D eigenvalue weighted by atomic mass is 10.3. The van der Waals surface area contributed by atoms with Crippen LogP contribution in [-0.2, 0) is 0 Å². The lowest BCUT2D eigenvalue weighted by Gasteiger charge is -2.12. The van der Waals surface area contributed by atoms with E-state index in [0.29, 0.717) is 0 Å². The summed E-state index contributed by atoms with van der Waals surface area (Å²) in [6, 6.07) is 3.66. The van der Waals surface area contributed by atoms with Crippen LogP contribution in [-0.4, -0.2) is 12.6 Å². The maximum atomic E-state index is 11.5. The summed E-state index contributed by atoms with van der Waals surface area (Å²) in [7, 11) is 0. The zero-order valence-electron chi connectivity index (χ0n) is 9.55. The van der Waals surface area contributed by atoms with E-state index in [9.17, 15) is 4.79 Å². The van der Waals surface area contributed by atoms with Gasteiger partial charge in [-0.1, -0.05) is 24.9 Å². The van der Waals surface area contributed by atoms with Crippen LogP contribution in [0.4, 0.5) is 4.79 Å². The Bertz CT molecular complexity index is 340. The van der Waals surface area contributed by atoms with Gasteiger partial charge in [0, 0.05) is 11.4 Å². The quantitative estimate of drug-likeness (QED) is 0.781. The largest absolute Gasteiger partial charge is 0.338 e. The Morgan fingerprint density at radius 1 is 1.56 bits per heavy atom. The smallest absolute Gasteiger partial charge is 0.315 e. The summed E-state index contributed by atoms with van der Waals surface area (Å²) in [5.74, 6) is 0. The van der Waals surface area contributed by atoms with Crippen molar-refractivity contribution < 1.29 is 4.79 Å². The SMILES string of the molecule is CCCCNC(=O)N[C@@H](C)c1ccc(Cl)s1. The fourth-order valence-corrected chi connectivity index (χ4v) is 2.32. The van der Waals surface area contributed by atoms with Gasteiger partial charge in [-0.3, -0.25) is 0 Å².